The number of hydrogen-bond acceptors (Lipinski definition) is 6. The molecular formula is C21H23N3O5. The maximum atomic E-state index is 12.6. The number of amides is 2. The molecule has 152 valence electrons. The van der Waals surface area contributed by atoms with Gasteiger partial charge in [-0.25, -0.2) is 0 Å². The minimum atomic E-state index is -0.0823. The van der Waals surface area contributed by atoms with Gasteiger partial charge in [0.05, 0.1) is 12.8 Å². The molecule has 1 fully saturated rings. The van der Waals surface area contributed by atoms with Crippen molar-refractivity contribution in [3.05, 3.63) is 42.2 Å². The fourth-order valence-electron chi connectivity index (χ4n) is 3.67. The van der Waals surface area contributed by atoms with Crippen LogP contribution in [0.5, 0.6) is 17.2 Å². The van der Waals surface area contributed by atoms with E-state index in [-0.39, 0.29) is 24.5 Å². The van der Waals surface area contributed by atoms with E-state index in [9.17, 15) is 9.59 Å². The second kappa shape index (κ2) is 8.38. The largest absolute Gasteiger partial charge is 0.494 e. The second-order valence-corrected chi connectivity index (χ2v) is 7.13. The minimum Gasteiger partial charge on any atom is -0.494 e. The van der Waals surface area contributed by atoms with Crippen LogP contribution in [0.4, 0.5) is 5.69 Å². The lowest BCUT2D eigenvalue weighted by molar-refractivity contribution is -0.117. The summed E-state index contributed by atoms with van der Waals surface area (Å²) in [6.07, 6.45) is 5.23. The zero-order valence-electron chi connectivity index (χ0n) is 16.2. The van der Waals surface area contributed by atoms with Gasteiger partial charge in [-0.3, -0.25) is 14.6 Å². The van der Waals surface area contributed by atoms with Crippen molar-refractivity contribution in [2.24, 2.45) is 5.92 Å². The average molecular weight is 397 g/mol. The molecule has 2 aliphatic rings. The number of likely N-dealkylation sites (tertiary alicyclic amines) is 1. The summed E-state index contributed by atoms with van der Waals surface area (Å²) < 4.78 is 16.0. The number of benzene rings is 1. The van der Waals surface area contributed by atoms with E-state index in [0.717, 1.165) is 12.8 Å². The van der Waals surface area contributed by atoms with E-state index in [1.54, 1.807) is 43.8 Å². The SMILES string of the molecule is COc1cc2c(cc1NC(=O)CC1CCN(C(=O)c3ccncc3)CC1)OCO2. The van der Waals surface area contributed by atoms with Crippen molar-refractivity contribution >= 4 is 17.5 Å². The summed E-state index contributed by atoms with van der Waals surface area (Å²) in [5, 5.41) is 2.91. The Balaban J connectivity index is 1.31. The Bertz CT molecular complexity index is 895. The highest BCUT2D eigenvalue weighted by molar-refractivity contribution is 5.94. The third-order valence-corrected chi connectivity index (χ3v) is 5.27. The number of nitrogens with zero attached hydrogens (tertiary/aromatic N) is 2. The van der Waals surface area contributed by atoms with Crippen LogP contribution in [-0.2, 0) is 4.79 Å². The fourth-order valence-corrected chi connectivity index (χ4v) is 3.67. The van der Waals surface area contributed by atoms with Gasteiger partial charge in [-0.1, -0.05) is 0 Å². The second-order valence-electron chi connectivity index (χ2n) is 7.13. The van der Waals surface area contributed by atoms with Gasteiger partial charge in [-0.05, 0) is 30.9 Å². The molecule has 2 aromatic rings. The molecule has 0 aliphatic carbocycles. The number of pyridine rings is 1. The van der Waals surface area contributed by atoms with Gasteiger partial charge < -0.3 is 24.4 Å². The maximum absolute atomic E-state index is 12.6. The molecule has 0 unspecified atom stereocenters. The molecule has 0 atom stereocenters. The van der Waals surface area contributed by atoms with Crippen LogP contribution in [0.15, 0.2) is 36.7 Å². The number of rotatable bonds is 5. The normalized spacial score (nSPS) is 15.8. The number of carbonyl (C=O) groups is 2. The number of fused-ring (bicyclic) bond motifs is 1. The zero-order chi connectivity index (χ0) is 20.2. The number of anilines is 1. The molecule has 29 heavy (non-hydrogen) atoms. The topological polar surface area (TPSA) is 90.0 Å². The van der Waals surface area contributed by atoms with Crippen LogP contribution in [0.3, 0.4) is 0 Å². The van der Waals surface area contributed by atoms with Crippen LogP contribution in [0.25, 0.3) is 0 Å². The minimum absolute atomic E-state index is 0.0143. The van der Waals surface area contributed by atoms with Crippen LogP contribution in [0.2, 0.25) is 0 Å². The number of aromatic nitrogens is 1. The van der Waals surface area contributed by atoms with E-state index >= 15 is 0 Å². The average Bonchev–Trinajstić information content (AvgIpc) is 3.21. The molecule has 1 saturated heterocycles. The summed E-state index contributed by atoms with van der Waals surface area (Å²) in [5.41, 5.74) is 1.21. The summed E-state index contributed by atoms with van der Waals surface area (Å²) in [6, 6.07) is 6.87. The van der Waals surface area contributed by atoms with Gasteiger partial charge in [0.2, 0.25) is 12.7 Å². The molecule has 1 N–H and O–H groups in total. The molecular weight excluding hydrogens is 374 g/mol. The first-order valence-corrected chi connectivity index (χ1v) is 9.61. The highest BCUT2D eigenvalue weighted by atomic mass is 16.7. The number of piperidine rings is 1. The Morgan fingerprint density at radius 2 is 1.86 bits per heavy atom. The van der Waals surface area contributed by atoms with E-state index in [0.29, 0.717) is 48.0 Å². The third kappa shape index (κ3) is 4.26. The van der Waals surface area contributed by atoms with Crippen molar-refractivity contribution in [1.82, 2.24) is 9.88 Å². The molecule has 0 spiro atoms. The van der Waals surface area contributed by atoms with Crippen LogP contribution in [0, 0.1) is 5.92 Å². The molecule has 1 aromatic carbocycles. The van der Waals surface area contributed by atoms with Crippen LogP contribution in [-0.4, -0.2) is 48.7 Å². The maximum Gasteiger partial charge on any atom is 0.253 e. The number of nitrogens with one attached hydrogen (secondary N) is 1. The quantitative estimate of drug-likeness (QED) is 0.834. The first kappa shape index (κ1) is 19.0. The molecule has 4 rings (SSSR count). The number of methoxy groups -OCH3 is 1. The van der Waals surface area contributed by atoms with Crippen molar-refractivity contribution < 1.29 is 23.8 Å². The molecule has 2 aliphatic heterocycles. The predicted octanol–water partition coefficient (Wildman–Crippen LogP) is 2.70. The zero-order valence-corrected chi connectivity index (χ0v) is 16.2. The van der Waals surface area contributed by atoms with E-state index in [2.05, 4.69) is 10.3 Å². The van der Waals surface area contributed by atoms with Crippen molar-refractivity contribution in [2.75, 3.05) is 32.3 Å². The molecule has 2 amide bonds. The summed E-state index contributed by atoms with van der Waals surface area (Å²) in [4.78, 5) is 30.9. The Hall–Kier alpha value is -3.29. The lowest BCUT2D eigenvalue weighted by Gasteiger charge is -2.31. The number of carbonyl (C=O) groups excluding carboxylic acids is 2. The van der Waals surface area contributed by atoms with Crippen LogP contribution >= 0.6 is 0 Å². The number of ether oxygens (including phenoxy) is 3. The standard InChI is InChI=1S/C21H23N3O5/c1-27-17-12-19-18(28-13-29-19)11-16(17)23-20(25)10-14-4-8-24(9-5-14)21(26)15-2-6-22-7-3-15/h2-3,6-7,11-12,14H,4-5,8-10,13H2,1H3,(H,23,25). The predicted molar refractivity (Wildman–Crippen MR) is 105 cm³/mol. The summed E-state index contributed by atoms with van der Waals surface area (Å²) in [6.45, 7) is 1.45. The third-order valence-electron chi connectivity index (χ3n) is 5.27. The molecule has 1 aromatic heterocycles. The molecule has 0 radical (unpaired) electrons. The van der Waals surface area contributed by atoms with Gasteiger partial charge in [0, 0.05) is 49.6 Å². The first-order valence-electron chi connectivity index (χ1n) is 9.61. The van der Waals surface area contributed by atoms with Crippen molar-refractivity contribution in [1.29, 1.82) is 0 Å². The molecule has 3 heterocycles. The van der Waals surface area contributed by atoms with Crippen LogP contribution < -0.4 is 19.5 Å². The van der Waals surface area contributed by atoms with E-state index < -0.39 is 0 Å². The molecule has 8 nitrogen and oxygen atoms in total. The molecule has 0 bridgehead atoms. The van der Waals surface area contributed by atoms with E-state index in [4.69, 9.17) is 14.2 Å². The van der Waals surface area contributed by atoms with Crippen molar-refractivity contribution in [3.8, 4) is 17.2 Å². The first-order chi connectivity index (χ1) is 14.1. The van der Waals surface area contributed by atoms with Crippen molar-refractivity contribution in [3.63, 3.8) is 0 Å². The Kier molecular flexibility index (Phi) is 5.50. The van der Waals surface area contributed by atoms with Gasteiger partial charge in [0.15, 0.2) is 11.5 Å². The van der Waals surface area contributed by atoms with Gasteiger partial charge in [-0.15, -0.1) is 0 Å². The van der Waals surface area contributed by atoms with Gasteiger partial charge in [0.25, 0.3) is 5.91 Å². The Morgan fingerprint density at radius 3 is 2.55 bits per heavy atom. The van der Waals surface area contributed by atoms with Gasteiger partial charge in [-0.2, -0.15) is 0 Å². The highest BCUT2D eigenvalue weighted by Crippen LogP contribution is 2.40. The van der Waals surface area contributed by atoms with E-state index in [1.807, 2.05) is 4.90 Å². The summed E-state index contributed by atoms with van der Waals surface area (Å²) in [7, 11) is 1.54. The Morgan fingerprint density at radius 1 is 1.17 bits per heavy atom. The van der Waals surface area contributed by atoms with Crippen LogP contribution in [0.1, 0.15) is 29.6 Å². The lowest BCUT2D eigenvalue weighted by Crippen LogP contribution is -2.39. The molecule has 8 heteroatoms. The highest BCUT2D eigenvalue weighted by Gasteiger charge is 2.26. The van der Waals surface area contributed by atoms with Crippen molar-refractivity contribution in [2.45, 2.75) is 19.3 Å². The monoisotopic (exact) mass is 397 g/mol. The van der Waals surface area contributed by atoms with Gasteiger partial charge in [0.1, 0.15) is 5.75 Å². The summed E-state index contributed by atoms with van der Waals surface area (Å²) in [5.74, 6) is 1.88. The summed E-state index contributed by atoms with van der Waals surface area (Å²) >= 11 is 0. The Labute approximate surface area is 168 Å². The molecule has 0 saturated carbocycles. The number of hydrogen-bond donors (Lipinski definition) is 1. The fraction of sp³-hybridized carbons (Fsp3) is 0.381. The smallest absolute Gasteiger partial charge is 0.253 e. The lowest BCUT2D eigenvalue weighted by atomic mass is 9.93. The van der Waals surface area contributed by atoms with Gasteiger partial charge >= 0.3 is 0 Å². The van der Waals surface area contributed by atoms with E-state index in [1.165, 1.54) is 0 Å².